The van der Waals surface area contributed by atoms with Gasteiger partial charge in [0, 0.05) is 5.56 Å². The molecule has 1 unspecified atom stereocenters. The number of aryl methyl sites for hydroxylation is 1. The van der Waals surface area contributed by atoms with Crippen LogP contribution < -0.4 is 4.80 Å². The molecule has 0 N–H and O–H groups in total. The highest BCUT2D eigenvalue weighted by Crippen LogP contribution is 2.24. The zero-order valence-electron chi connectivity index (χ0n) is 15.2. The van der Waals surface area contributed by atoms with Crippen LogP contribution in [0.5, 0.6) is 0 Å². The molecule has 1 amide bonds. The number of rotatable bonds is 4. The minimum atomic E-state index is -0.699. The van der Waals surface area contributed by atoms with Crippen LogP contribution in [0.3, 0.4) is 0 Å². The average molecular weight is 386 g/mol. The molecule has 0 bridgehead atoms. The van der Waals surface area contributed by atoms with Crippen molar-refractivity contribution in [3.05, 3.63) is 64.2 Å². The highest BCUT2D eigenvalue weighted by atomic mass is 32.1. The van der Waals surface area contributed by atoms with Gasteiger partial charge in [-0.3, -0.25) is 4.79 Å². The Morgan fingerprint density at radius 3 is 2.56 bits per heavy atom. The topological polar surface area (TPSA) is 60.7 Å². The van der Waals surface area contributed by atoms with E-state index in [1.807, 2.05) is 26.0 Å². The molecule has 0 radical (unpaired) electrons. The van der Waals surface area contributed by atoms with E-state index in [1.54, 1.807) is 22.8 Å². The van der Waals surface area contributed by atoms with E-state index in [2.05, 4.69) is 4.99 Å². The molecule has 7 heteroatoms. The molecule has 27 heavy (non-hydrogen) atoms. The maximum Gasteiger partial charge on any atom is 0.328 e. The average Bonchev–Trinajstić information content (AvgIpc) is 3.00. The maximum absolute atomic E-state index is 13.8. The number of carbonyl (C=O) groups is 2. The minimum absolute atomic E-state index is 0.332. The van der Waals surface area contributed by atoms with Crippen molar-refractivity contribution in [2.24, 2.45) is 4.99 Å². The lowest BCUT2D eigenvalue weighted by molar-refractivity contribution is -0.144. The Balaban J connectivity index is 2.22. The number of ether oxygens (including phenoxy) is 1. The SMILES string of the molecule is CCC(C(=O)OC)n1/c(=N/C(=O)c2ccc(C)cc2)sc2ccc(F)cc21. The number of methoxy groups -OCH3 is 1. The summed E-state index contributed by atoms with van der Waals surface area (Å²) in [5, 5.41) is 0. The van der Waals surface area contributed by atoms with Crippen molar-refractivity contribution in [2.45, 2.75) is 26.3 Å². The molecule has 2 aromatic carbocycles. The summed E-state index contributed by atoms with van der Waals surface area (Å²) in [6.07, 6.45) is 0.418. The fraction of sp³-hybridized carbons (Fsp3) is 0.250. The molecule has 3 aromatic rings. The van der Waals surface area contributed by atoms with Crippen molar-refractivity contribution >= 4 is 33.4 Å². The predicted molar refractivity (Wildman–Crippen MR) is 102 cm³/mol. The van der Waals surface area contributed by atoms with E-state index in [1.165, 1.54) is 30.6 Å². The van der Waals surface area contributed by atoms with Crippen LogP contribution in [0.2, 0.25) is 0 Å². The molecule has 0 saturated heterocycles. The van der Waals surface area contributed by atoms with Gasteiger partial charge in [-0.2, -0.15) is 4.99 Å². The molecule has 1 heterocycles. The van der Waals surface area contributed by atoms with Crippen molar-refractivity contribution in [1.29, 1.82) is 0 Å². The van der Waals surface area contributed by atoms with Gasteiger partial charge in [-0.15, -0.1) is 0 Å². The molecular weight excluding hydrogens is 367 g/mol. The summed E-state index contributed by atoms with van der Waals surface area (Å²) in [5.74, 6) is -1.31. The van der Waals surface area contributed by atoms with Gasteiger partial charge in [-0.1, -0.05) is 36.0 Å². The Hall–Kier alpha value is -2.80. The summed E-state index contributed by atoms with van der Waals surface area (Å²) in [6, 6.07) is 10.7. The van der Waals surface area contributed by atoms with Crippen LogP contribution in [0.15, 0.2) is 47.5 Å². The number of hydrogen-bond acceptors (Lipinski definition) is 4. The largest absolute Gasteiger partial charge is 0.467 e. The van der Waals surface area contributed by atoms with E-state index in [0.29, 0.717) is 22.3 Å². The minimum Gasteiger partial charge on any atom is -0.467 e. The standard InChI is InChI=1S/C20H19FN2O3S/c1-4-15(19(25)26-3)23-16-11-14(21)9-10-17(16)27-20(23)22-18(24)13-7-5-12(2)6-8-13/h5-11,15H,4H2,1-3H3/b22-20-. The van der Waals surface area contributed by atoms with Crippen LogP contribution in [-0.2, 0) is 9.53 Å². The molecule has 0 saturated carbocycles. The smallest absolute Gasteiger partial charge is 0.328 e. The summed E-state index contributed by atoms with van der Waals surface area (Å²) in [7, 11) is 1.30. The first-order valence-electron chi connectivity index (χ1n) is 8.48. The lowest BCUT2D eigenvalue weighted by atomic mass is 10.1. The second kappa shape index (κ2) is 7.84. The molecule has 3 rings (SSSR count). The Morgan fingerprint density at radius 1 is 1.22 bits per heavy atom. The number of benzene rings is 2. The molecule has 0 spiro atoms. The Morgan fingerprint density at radius 2 is 1.93 bits per heavy atom. The van der Waals surface area contributed by atoms with Crippen LogP contribution in [0, 0.1) is 12.7 Å². The van der Waals surface area contributed by atoms with Crippen molar-refractivity contribution in [1.82, 2.24) is 4.57 Å². The second-order valence-electron chi connectivity index (χ2n) is 6.10. The first-order valence-corrected chi connectivity index (χ1v) is 9.30. The third kappa shape index (κ3) is 3.83. The van der Waals surface area contributed by atoms with E-state index < -0.39 is 23.7 Å². The van der Waals surface area contributed by atoms with Crippen LogP contribution in [-0.4, -0.2) is 23.6 Å². The van der Waals surface area contributed by atoms with Gasteiger partial charge in [0.05, 0.1) is 17.3 Å². The third-order valence-corrected chi connectivity index (χ3v) is 5.29. The van der Waals surface area contributed by atoms with Gasteiger partial charge in [0.1, 0.15) is 11.9 Å². The van der Waals surface area contributed by atoms with Gasteiger partial charge in [0.2, 0.25) is 0 Å². The molecule has 5 nitrogen and oxygen atoms in total. The lowest BCUT2D eigenvalue weighted by Crippen LogP contribution is -2.28. The monoisotopic (exact) mass is 386 g/mol. The second-order valence-corrected chi connectivity index (χ2v) is 7.11. The van der Waals surface area contributed by atoms with Crippen molar-refractivity contribution in [3.63, 3.8) is 0 Å². The zero-order chi connectivity index (χ0) is 19.6. The number of esters is 1. The zero-order valence-corrected chi connectivity index (χ0v) is 16.0. The number of aromatic nitrogens is 1. The number of halogens is 1. The fourth-order valence-electron chi connectivity index (χ4n) is 2.83. The summed E-state index contributed by atoms with van der Waals surface area (Å²) < 4.78 is 21.0. The third-order valence-electron chi connectivity index (χ3n) is 4.26. The van der Waals surface area contributed by atoms with Gasteiger partial charge in [0.15, 0.2) is 4.80 Å². The van der Waals surface area contributed by atoms with Crippen molar-refractivity contribution < 1.29 is 18.7 Å². The highest BCUT2D eigenvalue weighted by Gasteiger charge is 2.23. The van der Waals surface area contributed by atoms with E-state index in [0.717, 1.165) is 10.3 Å². The van der Waals surface area contributed by atoms with Gasteiger partial charge >= 0.3 is 5.97 Å². The molecule has 0 aliphatic rings. The quantitative estimate of drug-likeness (QED) is 0.637. The summed E-state index contributed by atoms with van der Waals surface area (Å²) in [6.45, 7) is 3.76. The summed E-state index contributed by atoms with van der Waals surface area (Å²) in [5.41, 5.74) is 1.99. The number of amides is 1. The van der Waals surface area contributed by atoms with Crippen LogP contribution in [0.4, 0.5) is 4.39 Å². The Labute approximate surface area is 159 Å². The molecule has 0 aliphatic carbocycles. The van der Waals surface area contributed by atoms with E-state index in [-0.39, 0.29) is 0 Å². The van der Waals surface area contributed by atoms with Crippen LogP contribution in [0.25, 0.3) is 10.2 Å². The normalized spacial score (nSPS) is 13.0. The maximum atomic E-state index is 13.8. The van der Waals surface area contributed by atoms with Crippen LogP contribution >= 0.6 is 11.3 Å². The predicted octanol–water partition coefficient (Wildman–Crippen LogP) is 4.02. The highest BCUT2D eigenvalue weighted by molar-refractivity contribution is 7.16. The molecule has 0 fully saturated rings. The summed E-state index contributed by atoms with van der Waals surface area (Å²) >= 11 is 1.23. The van der Waals surface area contributed by atoms with Crippen LogP contribution in [0.1, 0.15) is 35.3 Å². The van der Waals surface area contributed by atoms with E-state index in [4.69, 9.17) is 4.74 Å². The molecule has 140 valence electrons. The van der Waals surface area contributed by atoms with Gasteiger partial charge in [-0.05, 0) is 43.7 Å². The Bertz CT molecular complexity index is 1070. The van der Waals surface area contributed by atoms with E-state index >= 15 is 0 Å². The Kier molecular flexibility index (Phi) is 5.51. The van der Waals surface area contributed by atoms with Gasteiger partial charge < -0.3 is 9.30 Å². The molecule has 1 atom stereocenters. The van der Waals surface area contributed by atoms with E-state index in [9.17, 15) is 14.0 Å². The molecule has 1 aromatic heterocycles. The summed E-state index contributed by atoms with van der Waals surface area (Å²) in [4.78, 5) is 29.4. The first-order chi connectivity index (χ1) is 12.9. The number of fused-ring (bicyclic) bond motifs is 1. The molecule has 0 aliphatic heterocycles. The fourth-order valence-corrected chi connectivity index (χ4v) is 3.88. The number of carbonyl (C=O) groups excluding carboxylic acids is 2. The van der Waals surface area contributed by atoms with Gasteiger partial charge in [0.25, 0.3) is 5.91 Å². The van der Waals surface area contributed by atoms with Crippen molar-refractivity contribution in [3.8, 4) is 0 Å². The number of hydrogen-bond donors (Lipinski definition) is 0. The number of thiazole rings is 1. The molecular formula is C20H19FN2O3S. The van der Waals surface area contributed by atoms with Crippen molar-refractivity contribution in [2.75, 3.05) is 7.11 Å². The lowest BCUT2D eigenvalue weighted by Gasteiger charge is -2.15. The number of nitrogens with zero attached hydrogens (tertiary/aromatic N) is 2. The first kappa shape index (κ1) is 19.0. The van der Waals surface area contributed by atoms with Gasteiger partial charge in [-0.25, -0.2) is 9.18 Å².